The highest BCUT2D eigenvalue weighted by atomic mass is 31.2. The van der Waals surface area contributed by atoms with Gasteiger partial charge in [0.05, 0.1) is 11.6 Å². The molecule has 0 saturated carbocycles. The Balaban J connectivity index is 2.80. The zero-order valence-electron chi connectivity index (χ0n) is 7.97. The van der Waals surface area contributed by atoms with Crippen LogP contribution in [-0.4, -0.2) is 11.1 Å². The van der Waals surface area contributed by atoms with Gasteiger partial charge in [0.2, 0.25) is 7.37 Å². The van der Waals surface area contributed by atoms with Crippen LogP contribution in [0.15, 0.2) is 24.3 Å². The van der Waals surface area contributed by atoms with E-state index < -0.39 is 7.37 Å². The van der Waals surface area contributed by atoms with E-state index in [0.29, 0.717) is 5.56 Å². The minimum atomic E-state index is -3.00. The predicted octanol–water partition coefficient (Wildman–Crippen LogP) is 2.35. The Morgan fingerprint density at radius 2 is 2.00 bits per heavy atom. The van der Waals surface area contributed by atoms with Crippen LogP contribution >= 0.6 is 7.37 Å². The number of rotatable bonds is 3. The topological polar surface area (TPSA) is 61.1 Å². The van der Waals surface area contributed by atoms with Crippen molar-refractivity contribution in [2.24, 2.45) is 0 Å². The first-order chi connectivity index (χ1) is 6.57. The van der Waals surface area contributed by atoms with Crippen LogP contribution in [0.25, 0.3) is 0 Å². The standard InChI is InChI=1S/C10H12NO2P/c1-2-14(12,13)8-10-5-3-9(7-11)4-6-10/h3-6H,2,8H2,1H3,(H,12,13). The van der Waals surface area contributed by atoms with Gasteiger partial charge in [-0.3, -0.25) is 4.57 Å². The average Bonchev–Trinajstić information content (AvgIpc) is 2.19. The van der Waals surface area contributed by atoms with Crippen LogP contribution in [-0.2, 0) is 10.7 Å². The zero-order valence-corrected chi connectivity index (χ0v) is 8.87. The van der Waals surface area contributed by atoms with E-state index in [4.69, 9.17) is 5.26 Å². The molecule has 1 unspecified atom stereocenters. The van der Waals surface area contributed by atoms with E-state index in [0.717, 1.165) is 5.56 Å². The Morgan fingerprint density at radius 1 is 1.43 bits per heavy atom. The van der Waals surface area contributed by atoms with Crippen molar-refractivity contribution in [3.05, 3.63) is 35.4 Å². The molecule has 0 aliphatic heterocycles. The summed E-state index contributed by atoms with van der Waals surface area (Å²) in [6, 6.07) is 8.75. The highest BCUT2D eigenvalue weighted by Gasteiger charge is 2.15. The first kappa shape index (κ1) is 11.0. The number of benzene rings is 1. The molecule has 1 atom stereocenters. The third-order valence-electron chi connectivity index (χ3n) is 2.01. The van der Waals surface area contributed by atoms with E-state index in [2.05, 4.69) is 0 Å². The van der Waals surface area contributed by atoms with Crippen molar-refractivity contribution < 1.29 is 9.46 Å². The third kappa shape index (κ3) is 2.99. The molecule has 0 spiro atoms. The Hall–Kier alpha value is -1.10. The summed E-state index contributed by atoms with van der Waals surface area (Å²) in [5, 5.41) is 8.55. The first-order valence-electron chi connectivity index (χ1n) is 4.37. The maximum absolute atomic E-state index is 11.4. The minimum Gasteiger partial charge on any atom is -0.344 e. The van der Waals surface area contributed by atoms with Crippen molar-refractivity contribution >= 4 is 7.37 Å². The Morgan fingerprint density at radius 3 is 2.43 bits per heavy atom. The smallest absolute Gasteiger partial charge is 0.204 e. The largest absolute Gasteiger partial charge is 0.344 e. The minimum absolute atomic E-state index is 0.190. The van der Waals surface area contributed by atoms with E-state index in [-0.39, 0.29) is 12.3 Å². The Kier molecular flexibility index (Phi) is 3.46. The molecule has 74 valence electrons. The Labute approximate surface area is 83.5 Å². The number of nitrogens with zero attached hydrogens (tertiary/aromatic N) is 1. The summed E-state index contributed by atoms with van der Waals surface area (Å²) >= 11 is 0. The van der Waals surface area contributed by atoms with Crippen molar-refractivity contribution in [3.8, 4) is 6.07 Å². The lowest BCUT2D eigenvalue weighted by atomic mass is 10.2. The lowest BCUT2D eigenvalue weighted by Crippen LogP contribution is -1.90. The lowest BCUT2D eigenvalue weighted by molar-refractivity contribution is 0.478. The second-order valence-electron chi connectivity index (χ2n) is 3.13. The van der Waals surface area contributed by atoms with Gasteiger partial charge in [-0.15, -0.1) is 0 Å². The fraction of sp³-hybridized carbons (Fsp3) is 0.300. The molecule has 0 bridgehead atoms. The molecular weight excluding hydrogens is 197 g/mol. The SMILES string of the molecule is CCP(=O)(O)Cc1ccc(C#N)cc1. The third-order valence-corrected chi connectivity index (χ3v) is 3.85. The average molecular weight is 209 g/mol. The Bertz CT molecular complexity index is 392. The van der Waals surface area contributed by atoms with E-state index in [9.17, 15) is 9.46 Å². The monoisotopic (exact) mass is 209 g/mol. The molecule has 0 aliphatic carbocycles. The molecule has 1 rings (SSSR count). The molecule has 0 aromatic heterocycles. The van der Waals surface area contributed by atoms with Crippen molar-refractivity contribution in [1.82, 2.24) is 0 Å². The van der Waals surface area contributed by atoms with E-state index in [1.807, 2.05) is 6.07 Å². The number of nitriles is 1. The van der Waals surface area contributed by atoms with Crippen LogP contribution in [0.4, 0.5) is 0 Å². The molecule has 1 N–H and O–H groups in total. The van der Waals surface area contributed by atoms with E-state index in [1.165, 1.54) is 0 Å². The van der Waals surface area contributed by atoms with Gasteiger partial charge in [-0.05, 0) is 17.7 Å². The van der Waals surface area contributed by atoms with Crippen LogP contribution in [0.5, 0.6) is 0 Å². The molecule has 14 heavy (non-hydrogen) atoms. The molecule has 0 radical (unpaired) electrons. The normalized spacial score (nSPS) is 14.4. The molecule has 0 heterocycles. The van der Waals surface area contributed by atoms with Gasteiger partial charge >= 0.3 is 0 Å². The molecule has 1 aromatic rings. The number of hydrogen-bond acceptors (Lipinski definition) is 2. The van der Waals surface area contributed by atoms with Crippen molar-refractivity contribution in [1.29, 1.82) is 5.26 Å². The summed E-state index contributed by atoms with van der Waals surface area (Å²) in [6.45, 7) is 1.70. The van der Waals surface area contributed by atoms with Gasteiger partial charge in [0.25, 0.3) is 0 Å². The van der Waals surface area contributed by atoms with Gasteiger partial charge in [0.15, 0.2) is 0 Å². The number of hydrogen-bond donors (Lipinski definition) is 1. The van der Waals surface area contributed by atoms with Gasteiger partial charge in [-0.25, -0.2) is 0 Å². The molecular formula is C10H12NO2P. The van der Waals surface area contributed by atoms with Crippen LogP contribution in [0.3, 0.4) is 0 Å². The van der Waals surface area contributed by atoms with Crippen molar-refractivity contribution in [2.45, 2.75) is 13.1 Å². The quantitative estimate of drug-likeness (QED) is 0.777. The fourth-order valence-electron chi connectivity index (χ4n) is 1.08. The maximum Gasteiger partial charge on any atom is 0.204 e. The van der Waals surface area contributed by atoms with Crippen molar-refractivity contribution in [2.75, 3.05) is 6.16 Å². The molecule has 0 aliphatic rings. The molecule has 0 saturated heterocycles. The summed E-state index contributed by atoms with van der Waals surface area (Å²) < 4.78 is 11.4. The van der Waals surface area contributed by atoms with Gasteiger partial charge in [-0.2, -0.15) is 5.26 Å². The molecule has 1 aromatic carbocycles. The molecule has 4 heteroatoms. The first-order valence-corrected chi connectivity index (χ1v) is 6.40. The predicted molar refractivity (Wildman–Crippen MR) is 55.2 cm³/mol. The van der Waals surface area contributed by atoms with Crippen molar-refractivity contribution in [3.63, 3.8) is 0 Å². The lowest BCUT2D eigenvalue weighted by Gasteiger charge is -2.08. The fourth-order valence-corrected chi connectivity index (χ4v) is 2.09. The second-order valence-corrected chi connectivity index (χ2v) is 5.77. The summed E-state index contributed by atoms with van der Waals surface area (Å²) in [5.74, 6) is 0. The summed E-state index contributed by atoms with van der Waals surface area (Å²) in [5.41, 5.74) is 1.37. The molecule has 0 amide bonds. The van der Waals surface area contributed by atoms with E-state index in [1.54, 1.807) is 31.2 Å². The summed E-state index contributed by atoms with van der Waals surface area (Å²) in [7, 11) is -3.00. The van der Waals surface area contributed by atoms with Crippen LogP contribution in [0.1, 0.15) is 18.1 Å². The van der Waals surface area contributed by atoms with Gasteiger partial charge in [-0.1, -0.05) is 19.1 Å². The van der Waals surface area contributed by atoms with Gasteiger partial charge in [0, 0.05) is 12.3 Å². The van der Waals surface area contributed by atoms with Gasteiger partial charge < -0.3 is 4.89 Å². The van der Waals surface area contributed by atoms with Crippen LogP contribution < -0.4 is 0 Å². The van der Waals surface area contributed by atoms with E-state index >= 15 is 0 Å². The molecule has 0 fully saturated rings. The zero-order chi connectivity index (χ0) is 10.6. The van der Waals surface area contributed by atoms with Crippen LogP contribution in [0, 0.1) is 11.3 Å². The highest BCUT2D eigenvalue weighted by Crippen LogP contribution is 2.43. The van der Waals surface area contributed by atoms with Gasteiger partial charge in [0.1, 0.15) is 0 Å². The van der Waals surface area contributed by atoms with Crippen LogP contribution in [0.2, 0.25) is 0 Å². The summed E-state index contributed by atoms with van der Waals surface area (Å²) in [4.78, 5) is 9.39. The molecule has 3 nitrogen and oxygen atoms in total. The highest BCUT2D eigenvalue weighted by molar-refractivity contribution is 7.57. The maximum atomic E-state index is 11.4. The second kappa shape index (κ2) is 4.41. The summed E-state index contributed by atoms with van der Waals surface area (Å²) in [6.07, 6.45) is 0.474.